The van der Waals surface area contributed by atoms with Gasteiger partial charge in [-0.25, -0.2) is 13.4 Å². The highest BCUT2D eigenvalue weighted by atomic mass is 35.5. The van der Waals surface area contributed by atoms with E-state index in [0.717, 1.165) is 5.82 Å². The molecule has 1 fully saturated rings. The minimum atomic E-state index is -3.58. The van der Waals surface area contributed by atoms with Crippen LogP contribution in [0.3, 0.4) is 0 Å². The van der Waals surface area contributed by atoms with Gasteiger partial charge in [0.05, 0.1) is 23.2 Å². The summed E-state index contributed by atoms with van der Waals surface area (Å²) in [4.78, 5) is 10.5. The van der Waals surface area contributed by atoms with E-state index in [1.165, 1.54) is 23.5 Å². The number of sulfonamides is 1. The van der Waals surface area contributed by atoms with Crippen molar-refractivity contribution in [1.82, 2.24) is 14.3 Å². The molecule has 24 heavy (non-hydrogen) atoms. The van der Waals surface area contributed by atoms with E-state index in [1.807, 2.05) is 4.90 Å². The molecular formula is C15H17ClN4O3S. The fraction of sp³-hybridized carbons (Fsp3) is 0.333. The van der Waals surface area contributed by atoms with E-state index in [4.69, 9.17) is 16.3 Å². The lowest BCUT2D eigenvalue weighted by molar-refractivity contribution is 0.383. The Bertz CT molecular complexity index is 809. The van der Waals surface area contributed by atoms with Gasteiger partial charge in [-0.2, -0.15) is 4.31 Å². The molecule has 1 aromatic carbocycles. The standard InChI is InChI=1S/C15H17ClN4O3S/c1-23-14-3-2-12(10-13(14)16)24(21,22)20-8-6-19(7-9-20)15-11-17-4-5-18-15/h2-5,10-11H,6-9H2,1H3. The lowest BCUT2D eigenvalue weighted by Gasteiger charge is -2.34. The number of methoxy groups -OCH3 is 1. The number of hydrogen-bond acceptors (Lipinski definition) is 6. The van der Waals surface area contributed by atoms with Crippen molar-refractivity contribution in [1.29, 1.82) is 0 Å². The monoisotopic (exact) mass is 368 g/mol. The normalized spacial score (nSPS) is 16.2. The lowest BCUT2D eigenvalue weighted by atomic mass is 10.3. The highest BCUT2D eigenvalue weighted by Crippen LogP contribution is 2.28. The van der Waals surface area contributed by atoms with Crippen LogP contribution >= 0.6 is 11.6 Å². The number of aromatic nitrogens is 2. The van der Waals surface area contributed by atoms with Crippen LogP contribution in [0.2, 0.25) is 5.02 Å². The second kappa shape index (κ2) is 6.92. The quantitative estimate of drug-likeness (QED) is 0.816. The molecule has 0 N–H and O–H groups in total. The van der Waals surface area contributed by atoms with Crippen LogP contribution in [0.5, 0.6) is 5.75 Å². The molecule has 0 aliphatic carbocycles. The molecule has 0 atom stereocenters. The molecule has 0 spiro atoms. The molecule has 1 aliphatic heterocycles. The maximum atomic E-state index is 12.8. The fourth-order valence-electron chi connectivity index (χ4n) is 2.57. The second-order valence-corrected chi connectivity index (χ2v) is 7.60. The van der Waals surface area contributed by atoms with Crippen LogP contribution in [0.4, 0.5) is 5.82 Å². The first kappa shape index (κ1) is 16.9. The zero-order chi connectivity index (χ0) is 17.2. The number of rotatable bonds is 4. The van der Waals surface area contributed by atoms with Gasteiger partial charge in [0.15, 0.2) is 0 Å². The van der Waals surface area contributed by atoms with E-state index >= 15 is 0 Å². The van der Waals surface area contributed by atoms with Crippen LogP contribution in [0.25, 0.3) is 0 Å². The van der Waals surface area contributed by atoms with Crippen LogP contribution in [-0.4, -0.2) is 56.0 Å². The molecule has 1 aromatic heterocycles. The van der Waals surface area contributed by atoms with Gasteiger partial charge >= 0.3 is 0 Å². The average molecular weight is 369 g/mol. The van der Waals surface area contributed by atoms with Gasteiger partial charge < -0.3 is 9.64 Å². The topological polar surface area (TPSA) is 75.6 Å². The Morgan fingerprint density at radius 3 is 2.50 bits per heavy atom. The van der Waals surface area contributed by atoms with Crippen molar-refractivity contribution in [3.63, 3.8) is 0 Å². The average Bonchev–Trinajstić information content (AvgIpc) is 2.62. The van der Waals surface area contributed by atoms with Gasteiger partial charge in [-0.05, 0) is 18.2 Å². The fourth-order valence-corrected chi connectivity index (χ4v) is 4.34. The van der Waals surface area contributed by atoms with Gasteiger partial charge in [-0.1, -0.05) is 11.6 Å². The molecule has 1 aliphatic rings. The van der Waals surface area contributed by atoms with Crippen LogP contribution in [0, 0.1) is 0 Å². The van der Waals surface area contributed by atoms with E-state index < -0.39 is 10.0 Å². The van der Waals surface area contributed by atoms with Crippen molar-refractivity contribution in [2.45, 2.75) is 4.90 Å². The molecular weight excluding hydrogens is 352 g/mol. The third-order valence-corrected chi connectivity index (χ3v) is 6.06. The summed E-state index contributed by atoms with van der Waals surface area (Å²) in [5.41, 5.74) is 0. The Kier molecular flexibility index (Phi) is 4.88. The molecule has 2 aromatic rings. The molecule has 0 amide bonds. The first-order valence-corrected chi connectivity index (χ1v) is 9.19. The van der Waals surface area contributed by atoms with Crippen molar-refractivity contribution in [3.05, 3.63) is 41.8 Å². The third kappa shape index (κ3) is 3.31. The van der Waals surface area contributed by atoms with E-state index in [1.54, 1.807) is 24.7 Å². The maximum Gasteiger partial charge on any atom is 0.243 e. The molecule has 2 heterocycles. The Hall–Kier alpha value is -1.90. The van der Waals surface area contributed by atoms with Gasteiger partial charge in [0.25, 0.3) is 0 Å². The molecule has 1 saturated heterocycles. The molecule has 0 unspecified atom stereocenters. The number of nitrogens with zero attached hydrogens (tertiary/aromatic N) is 4. The van der Waals surface area contributed by atoms with Crippen LogP contribution in [0.1, 0.15) is 0 Å². The van der Waals surface area contributed by atoms with Crippen LogP contribution in [-0.2, 0) is 10.0 Å². The minimum Gasteiger partial charge on any atom is -0.495 e. The summed E-state index contributed by atoms with van der Waals surface area (Å²) in [5, 5.41) is 0.275. The van der Waals surface area contributed by atoms with E-state index in [2.05, 4.69) is 9.97 Å². The summed E-state index contributed by atoms with van der Waals surface area (Å²) >= 11 is 6.05. The van der Waals surface area contributed by atoms with Crippen molar-refractivity contribution < 1.29 is 13.2 Å². The van der Waals surface area contributed by atoms with Crippen molar-refractivity contribution in [2.75, 3.05) is 38.2 Å². The predicted octanol–water partition coefficient (Wildman–Crippen LogP) is 1.65. The number of piperazine rings is 1. The maximum absolute atomic E-state index is 12.8. The SMILES string of the molecule is COc1ccc(S(=O)(=O)N2CCN(c3cnccn3)CC2)cc1Cl. The van der Waals surface area contributed by atoms with Crippen molar-refractivity contribution in [2.24, 2.45) is 0 Å². The largest absolute Gasteiger partial charge is 0.495 e. The zero-order valence-electron chi connectivity index (χ0n) is 13.1. The number of anilines is 1. The van der Waals surface area contributed by atoms with Crippen LogP contribution in [0.15, 0.2) is 41.7 Å². The summed E-state index contributed by atoms with van der Waals surface area (Å²) in [6.07, 6.45) is 4.91. The van der Waals surface area contributed by atoms with Gasteiger partial charge in [0, 0.05) is 38.6 Å². The van der Waals surface area contributed by atoms with Gasteiger partial charge in [-0.3, -0.25) is 4.98 Å². The van der Waals surface area contributed by atoms with Gasteiger partial charge in [0.1, 0.15) is 11.6 Å². The summed E-state index contributed by atoms with van der Waals surface area (Å²) < 4.78 is 32.0. The van der Waals surface area contributed by atoms with Gasteiger partial charge in [-0.15, -0.1) is 0 Å². The molecule has 128 valence electrons. The Morgan fingerprint density at radius 2 is 1.92 bits per heavy atom. The number of halogens is 1. The van der Waals surface area contributed by atoms with Gasteiger partial charge in [0.2, 0.25) is 10.0 Å². The van der Waals surface area contributed by atoms with E-state index in [-0.39, 0.29) is 9.92 Å². The summed E-state index contributed by atoms with van der Waals surface area (Å²) in [5.74, 6) is 1.20. The first-order valence-electron chi connectivity index (χ1n) is 7.37. The molecule has 9 heteroatoms. The van der Waals surface area contributed by atoms with E-state index in [0.29, 0.717) is 31.9 Å². The predicted molar refractivity (Wildman–Crippen MR) is 91.0 cm³/mol. The smallest absolute Gasteiger partial charge is 0.243 e. The Morgan fingerprint density at radius 1 is 1.17 bits per heavy atom. The van der Waals surface area contributed by atoms with Crippen molar-refractivity contribution in [3.8, 4) is 5.75 Å². The third-order valence-electron chi connectivity index (χ3n) is 3.87. The molecule has 3 rings (SSSR count). The number of hydrogen-bond donors (Lipinski definition) is 0. The minimum absolute atomic E-state index is 0.168. The zero-order valence-corrected chi connectivity index (χ0v) is 14.7. The van der Waals surface area contributed by atoms with Crippen LogP contribution < -0.4 is 9.64 Å². The second-order valence-electron chi connectivity index (χ2n) is 5.25. The number of benzene rings is 1. The highest BCUT2D eigenvalue weighted by Gasteiger charge is 2.29. The number of ether oxygens (including phenoxy) is 1. The highest BCUT2D eigenvalue weighted by molar-refractivity contribution is 7.89. The summed E-state index contributed by atoms with van der Waals surface area (Å²) in [6, 6.07) is 4.49. The van der Waals surface area contributed by atoms with E-state index in [9.17, 15) is 8.42 Å². The Balaban J connectivity index is 1.74. The molecule has 0 bridgehead atoms. The Labute approximate surface area is 145 Å². The summed E-state index contributed by atoms with van der Waals surface area (Å²) in [7, 11) is -2.10. The molecule has 0 radical (unpaired) electrons. The molecule has 0 saturated carbocycles. The first-order chi connectivity index (χ1) is 11.5. The van der Waals surface area contributed by atoms with Crippen molar-refractivity contribution >= 4 is 27.4 Å². The lowest BCUT2D eigenvalue weighted by Crippen LogP contribution is -2.48. The summed E-state index contributed by atoms with van der Waals surface area (Å²) in [6.45, 7) is 1.87. The molecule has 7 nitrogen and oxygen atoms in total.